The van der Waals surface area contributed by atoms with Crippen molar-refractivity contribution in [1.82, 2.24) is 4.98 Å². The number of para-hydroxylation sites is 1. The molecule has 0 N–H and O–H groups in total. The average molecular weight is 349 g/mol. The molecule has 2 aromatic carbocycles. The summed E-state index contributed by atoms with van der Waals surface area (Å²) in [4.78, 5) is 4.62. The van der Waals surface area contributed by atoms with Crippen molar-refractivity contribution in [2.24, 2.45) is 0 Å². The van der Waals surface area contributed by atoms with E-state index < -0.39 is 18.1 Å². The maximum atomic E-state index is 5.93. The Morgan fingerprint density at radius 2 is 1.68 bits per heavy atom. The SMILES string of the molecule is Cc1ccc([O][Ga][O]c2cccc3c(C)cc(C)nc23)cc1. The molecule has 0 bridgehead atoms. The summed E-state index contributed by atoms with van der Waals surface area (Å²) >= 11 is -1.31. The molecular weight excluding hydrogens is 332 g/mol. The third-order valence-electron chi connectivity index (χ3n) is 3.52. The predicted molar refractivity (Wildman–Crippen MR) is 89.4 cm³/mol. The molecule has 0 saturated heterocycles. The molecule has 0 unspecified atom stereocenters. The van der Waals surface area contributed by atoms with E-state index >= 15 is 0 Å². The summed E-state index contributed by atoms with van der Waals surface area (Å²) < 4.78 is 11.7. The summed E-state index contributed by atoms with van der Waals surface area (Å²) in [7, 11) is 0. The van der Waals surface area contributed by atoms with Gasteiger partial charge in [-0.2, -0.15) is 0 Å². The number of hydrogen-bond donors (Lipinski definition) is 0. The molecule has 0 saturated carbocycles. The van der Waals surface area contributed by atoms with E-state index in [2.05, 4.69) is 31.0 Å². The van der Waals surface area contributed by atoms with E-state index in [9.17, 15) is 0 Å². The third-order valence-corrected chi connectivity index (χ3v) is 5.03. The van der Waals surface area contributed by atoms with Gasteiger partial charge in [-0.1, -0.05) is 0 Å². The fourth-order valence-corrected chi connectivity index (χ4v) is 3.68. The zero-order valence-electron chi connectivity index (χ0n) is 13.0. The van der Waals surface area contributed by atoms with Crippen LogP contribution in [-0.2, 0) is 0 Å². The first-order valence-corrected chi connectivity index (χ1v) is 9.20. The molecule has 1 radical (unpaired) electrons. The fraction of sp³-hybridized carbons (Fsp3) is 0.167. The number of rotatable bonds is 4. The minimum absolute atomic E-state index is 0.816. The molecule has 109 valence electrons. The number of hydrogen-bond acceptors (Lipinski definition) is 3. The van der Waals surface area contributed by atoms with Crippen LogP contribution in [0.1, 0.15) is 16.8 Å². The van der Waals surface area contributed by atoms with Gasteiger partial charge in [0, 0.05) is 0 Å². The summed E-state index contributed by atoms with van der Waals surface area (Å²) in [6, 6.07) is 16.2. The zero-order valence-corrected chi connectivity index (χ0v) is 15.4. The fourth-order valence-electron chi connectivity index (χ4n) is 2.40. The number of aromatic nitrogens is 1. The number of pyridine rings is 1. The van der Waals surface area contributed by atoms with Gasteiger partial charge < -0.3 is 0 Å². The van der Waals surface area contributed by atoms with E-state index in [1.807, 2.05) is 43.3 Å². The second-order valence-electron chi connectivity index (χ2n) is 5.38. The Hall–Kier alpha value is -1.91. The van der Waals surface area contributed by atoms with Gasteiger partial charge in [-0.3, -0.25) is 0 Å². The molecule has 0 atom stereocenters. The molecule has 0 amide bonds. The first-order chi connectivity index (χ1) is 10.6. The van der Waals surface area contributed by atoms with Gasteiger partial charge >= 0.3 is 139 Å². The Morgan fingerprint density at radius 3 is 2.45 bits per heavy atom. The molecule has 0 spiro atoms. The molecule has 0 aliphatic rings. The number of aryl methyl sites for hydroxylation is 3. The van der Waals surface area contributed by atoms with Crippen LogP contribution in [0, 0.1) is 20.8 Å². The normalized spacial score (nSPS) is 10.5. The second-order valence-corrected chi connectivity index (χ2v) is 6.77. The first kappa shape index (κ1) is 15.0. The molecule has 1 heterocycles. The van der Waals surface area contributed by atoms with Crippen molar-refractivity contribution in [3.05, 3.63) is 65.4 Å². The molecular formula is C18H17GaNO2. The number of nitrogens with zero attached hydrogens (tertiary/aromatic N) is 1. The second kappa shape index (κ2) is 6.46. The van der Waals surface area contributed by atoms with E-state index in [1.165, 1.54) is 11.1 Å². The molecule has 1 aromatic heterocycles. The summed E-state index contributed by atoms with van der Waals surface area (Å²) in [5.41, 5.74) is 4.37. The molecule has 0 aliphatic carbocycles. The summed E-state index contributed by atoms with van der Waals surface area (Å²) in [5.74, 6) is 1.68. The van der Waals surface area contributed by atoms with Gasteiger partial charge in [0.2, 0.25) is 0 Å². The quantitative estimate of drug-likeness (QED) is 0.663. The molecule has 3 rings (SSSR count). The van der Waals surface area contributed by atoms with Gasteiger partial charge in [-0.15, -0.1) is 0 Å². The monoisotopic (exact) mass is 348 g/mol. The van der Waals surface area contributed by atoms with Crippen molar-refractivity contribution in [3.63, 3.8) is 0 Å². The Morgan fingerprint density at radius 1 is 0.909 bits per heavy atom. The van der Waals surface area contributed by atoms with Crippen molar-refractivity contribution in [2.75, 3.05) is 0 Å². The van der Waals surface area contributed by atoms with Crippen molar-refractivity contribution in [2.45, 2.75) is 20.8 Å². The molecule has 3 nitrogen and oxygen atoms in total. The van der Waals surface area contributed by atoms with E-state index in [0.717, 1.165) is 28.1 Å². The van der Waals surface area contributed by atoms with Gasteiger partial charge in [0.1, 0.15) is 0 Å². The molecule has 3 aromatic rings. The summed E-state index contributed by atoms with van der Waals surface area (Å²) in [5, 5.41) is 1.13. The average Bonchev–Trinajstić information content (AvgIpc) is 2.50. The predicted octanol–water partition coefficient (Wildman–Crippen LogP) is 4.15. The van der Waals surface area contributed by atoms with Gasteiger partial charge in [-0.05, 0) is 0 Å². The number of fused-ring (bicyclic) bond motifs is 1. The Labute approximate surface area is 138 Å². The van der Waals surface area contributed by atoms with Crippen LogP contribution in [-0.4, -0.2) is 23.1 Å². The summed E-state index contributed by atoms with van der Waals surface area (Å²) in [6.07, 6.45) is 0. The maximum absolute atomic E-state index is 5.93. The van der Waals surface area contributed by atoms with Crippen molar-refractivity contribution in [3.8, 4) is 11.5 Å². The first-order valence-electron chi connectivity index (χ1n) is 7.22. The van der Waals surface area contributed by atoms with Crippen LogP contribution >= 0.6 is 0 Å². The van der Waals surface area contributed by atoms with E-state index in [1.54, 1.807) is 0 Å². The van der Waals surface area contributed by atoms with Gasteiger partial charge in [0.25, 0.3) is 0 Å². The molecule has 0 aliphatic heterocycles. The Kier molecular flexibility index (Phi) is 4.41. The summed E-state index contributed by atoms with van der Waals surface area (Å²) in [6.45, 7) is 6.17. The molecule has 4 heteroatoms. The van der Waals surface area contributed by atoms with Crippen LogP contribution in [0.25, 0.3) is 10.9 Å². The Balaban J connectivity index is 1.78. The van der Waals surface area contributed by atoms with Crippen LogP contribution in [0.5, 0.6) is 11.5 Å². The minimum atomic E-state index is -1.31. The number of benzene rings is 2. The topological polar surface area (TPSA) is 31.4 Å². The Bertz CT molecular complexity index is 800. The van der Waals surface area contributed by atoms with Crippen LogP contribution in [0.3, 0.4) is 0 Å². The van der Waals surface area contributed by atoms with E-state index in [0.29, 0.717) is 0 Å². The molecule has 22 heavy (non-hydrogen) atoms. The van der Waals surface area contributed by atoms with Crippen molar-refractivity contribution in [1.29, 1.82) is 0 Å². The van der Waals surface area contributed by atoms with Crippen LogP contribution in [0.2, 0.25) is 0 Å². The van der Waals surface area contributed by atoms with Gasteiger partial charge in [0.05, 0.1) is 0 Å². The molecule has 0 fully saturated rings. The van der Waals surface area contributed by atoms with Gasteiger partial charge in [0.15, 0.2) is 0 Å². The van der Waals surface area contributed by atoms with Crippen molar-refractivity contribution < 1.29 is 7.06 Å². The van der Waals surface area contributed by atoms with Crippen LogP contribution in [0.15, 0.2) is 48.5 Å². The standard InChI is InChI=1S/C11H11NO.C7H8O.Ga/c1-7-6-8(2)12-11-9(7)4-3-5-10(11)13;1-6-2-4-7(8)5-3-6;/h3-6,13H,1-2H3;2-5,8H,1H3;/q;;+2/p-2. The van der Waals surface area contributed by atoms with E-state index in [4.69, 9.17) is 7.06 Å². The van der Waals surface area contributed by atoms with Crippen LogP contribution < -0.4 is 7.06 Å². The zero-order chi connectivity index (χ0) is 15.5. The van der Waals surface area contributed by atoms with Crippen molar-refractivity contribution >= 4 is 29.0 Å². The third kappa shape index (κ3) is 3.29. The van der Waals surface area contributed by atoms with E-state index in [-0.39, 0.29) is 0 Å². The van der Waals surface area contributed by atoms with Gasteiger partial charge in [-0.25, -0.2) is 0 Å². The van der Waals surface area contributed by atoms with Crippen LogP contribution in [0.4, 0.5) is 0 Å².